The van der Waals surface area contributed by atoms with Crippen LogP contribution in [0.15, 0.2) is 56.5 Å². The first-order chi connectivity index (χ1) is 10.7. The number of halogens is 2. The fourth-order valence-electron chi connectivity index (χ4n) is 4.27. The molecule has 0 radical (unpaired) electrons. The van der Waals surface area contributed by atoms with Gasteiger partial charge in [-0.3, -0.25) is 0 Å². The van der Waals surface area contributed by atoms with E-state index in [2.05, 4.69) is 74.3 Å². The summed E-state index contributed by atoms with van der Waals surface area (Å²) in [4.78, 5) is 0. The molecule has 0 amide bonds. The van der Waals surface area contributed by atoms with Gasteiger partial charge in [-0.05, 0) is 71.4 Å². The van der Waals surface area contributed by atoms with Crippen molar-refractivity contribution in [2.75, 3.05) is 0 Å². The zero-order valence-corrected chi connectivity index (χ0v) is 15.2. The second-order valence-electron chi connectivity index (χ2n) is 6.49. The maximum Gasteiger partial charge on any atom is 0.0181 e. The van der Waals surface area contributed by atoms with Crippen LogP contribution in [0.2, 0.25) is 0 Å². The van der Waals surface area contributed by atoms with Gasteiger partial charge in [0.1, 0.15) is 0 Å². The minimum Gasteiger partial charge on any atom is -0.0607 e. The Morgan fingerprint density at radius 3 is 2.64 bits per heavy atom. The molecule has 0 bridgehead atoms. The SMILES string of the molecule is Brc1ccc2c(c1)C1=C(C2)CC2C(=Cc3ccc(Br)cc32)C1. The van der Waals surface area contributed by atoms with Gasteiger partial charge in [0.15, 0.2) is 0 Å². The van der Waals surface area contributed by atoms with Gasteiger partial charge in [-0.1, -0.05) is 61.2 Å². The summed E-state index contributed by atoms with van der Waals surface area (Å²) >= 11 is 7.26. The summed E-state index contributed by atoms with van der Waals surface area (Å²) in [5, 5.41) is 0. The van der Waals surface area contributed by atoms with Gasteiger partial charge in [0, 0.05) is 14.9 Å². The molecule has 0 aliphatic heterocycles. The van der Waals surface area contributed by atoms with E-state index in [4.69, 9.17) is 0 Å². The Balaban J connectivity index is 1.60. The highest BCUT2D eigenvalue weighted by atomic mass is 79.9. The fraction of sp³-hybridized carbons (Fsp3) is 0.200. The second-order valence-corrected chi connectivity index (χ2v) is 8.32. The number of rotatable bonds is 0. The monoisotopic (exact) mass is 412 g/mol. The molecule has 2 aromatic carbocycles. The van der Waals surface area contributed by atoms with E-state index in [9.17, 15) is 0 Å². The quantitative estimate of drug-likeness (QED) is 0.462. The molecule has 0 N–H and O–H groups in total. The minimum atomic E-state index is 0.601. The molecule has 3 aliphatic rings. The number of benzene rings is 2. The minimum absolute atomic E-state index is 0.601. The Morgan fingerprint density at radius 1 is 0.909 bits per heavy atom. The largest absolute Gasteiger partial charge is 0.0607 e. The third kappa shape index (κ3) is 1.87. The van der Waals surface area contributed by atoms with Crippen LogP contribution in [0.5, 0.6) is 0 Å². The van der Waals surface area contributed by atoms with Gasteiger partial charge >= 0.3 is 0 Å². The van der Waals surface area contributed by atoms with Crippen LogP contribution in [0.4, 0.5) is 0 Å². The molecule has 3 aliphatic carbocycles. The van der Waals surface area contributed by atoms with E-state index in [0.29, 0.717) is 5.92 Å². The number of allylic oxidation sites excluding steroid dienone is 3. The zero-order valence-electron chi connectivity index (χ0n) is 12.0. The van der Waals surface area contributed by atoms with Gasteiger partial charge in [0.25, 0.3) is 0 Å². The smallest absolute Gasteiger partial charge is 0.0181 e. The van der Waals surface area contributed by atoms with Crippen molar-refractivity contribution in [3.63, 3.8) is 0 Å². The molecule has 0 nitrogen and oxygen atoms in total. The van der Waals surface area contributed by atoms with Gasteiger partial charge in [-0.15, -0.1) is 0 Å². The number of hydrogen-bond donors (Lipinski definition) is 0. The molecule has 1 unspecified atom stereocenters. The molecule has 0 saturated heterocycles. The van der Waals surface area contributed by atoms with Crippen molar-refractivity contribution in [1.82, 2.24) is 0 Å². The van der Waals surface area contributed by atoms with E-state index in [-0.39, 0.29) is 0 Å². The van der Waals surface area contributed by atoms with Crippen LogP contribution in [0, 0.1) is 0 Å². The standard InChI is InChI=1S/C20H14Br2/c21-15-3-1-11-5-13-7-18-14(8-17(13)19(11)9-15)6-12-2-4-16(22)10-20(12)18/h1-5,9-10,17H,6-8H2. The fourth-order valence-corrected chi connectivity index (χ4v) is 5.01. The first kappa shape index (κ1) is 13.3. The Hall–Kier alpha value is -1.12. The molecule has 0 aromatic heterocycles. The lowest BCUT2D eigenvalue weighted by atomic mass is 9.79. The van der Waals surface area contributed by atoms with Crippen molar-refractivity contribution in [3.05, 3.63) is 78.7 Å². The van der Waals surface area contributed by atoms with E-state index in [1.807, 2.05) is 0 Å². The summed E-state index contributed by atoms with van der Waals surface area (Å²) in [5.74, 6) is 0.601. The van der Waals surface area contributed by atoms with Gasteiger partial charge in [-0.2, -0.15) is 0 Å². The zero-order chi connectivity index (χ0) is 14.8. The number of hydrogen-bond acceptors (Lipinski definition) is 0. The molecular weight excluding hydrogens is 400 g/mol. The lowest BCUT2D eigenvalue weighted by Crippen LogP contribution is -2.07. The predicted octanol–water partition coefficient (Wildman–Crippen LogP) is 6.50. The summed E-state index contributed by atoms with van der Waals surface area (Å²) in [6.45, 7) is 0. The van der Waals surface area contributed by atoms with Crippen molar-refractivity contribution in [1.29, 1.82) is 0 Å². The van der Waals surface area contributed by atoms with E-state index in [1.165, 1.54) is 37.6 Å². The van der Waals surface area contributed by atoms with Crippen molar-refractivity contribution < 1.29 is 0 Å². The van der Waals surface area contributed by atoms with Crippen LogP contribution < -0.4 is 0 Å². The molecule has 0 heterocycles. The topological polar surface area (TPSA) is 0 Å². The molecule has 22 heavy (non-hydrogen) atoms. The highest BCUT2D eigenvalue weighted by Gasteiger charge is 2.35. The van der Waals surface area contributed by atoms with Crippen molar-refractivity contribution in [2.24, 2.45) is 0 Å². The summed E-state index contributed by atoms with van der Waals surface area (Å²) in [6, 6.07) is 13.5. The van der Waals surface area contributed by atoms with Crippen molar-refractivity contribution in [2.45, 2.75) is 25.2 Å². The van der Waals surface area contributed by atoms with Gasteiger partial charge < -0.3 is 0 Å². The third-order valence-corrected chi connectivity index (χ3v) is 6.26. The van der Waals surface area contributed by atoms with Gasteiger partial charge in [-0.25, -0.2) is 0 Å². The van der Waals surface area contributed by atoms with E-state index < -0.39 is 0 Å². The van der Waals surface area contributed by atoms with Crippen LogP contribution in [-0.2, 0) is 6.42 Å². The molecule has 5 rings (SSSR count). The summed E-state index contributed by atoms with van der Waals surface area (Å²) in [7, 11) is 0. The maximum absolute atomic E-state index is 3.63. The van der Waals surface area contributed by atoms with E-state index in [1.54, 1.807) is 16.7 Å². The lowest BCUT2D eigenvalue weighted by molar-refractivity contribution is 0.746. The van der Waals surface area contributed by atoms with Crippen LogP contribution in [0.3, 0.4) is 0 Å². The number of fused-ring (bicyclic) bond motifs is 5. The highest BCUT2D eigenvalue weighted by molar-refractivity contribution is 9.10. The molecule has 1 atom stereocenters. The van der Waals surface area contributed by atoms with Crippen LogP contribution in [0.25, 0.3) is 11.6 Å². The van der Waals surface area contributed by atoms with Gasteiger partial charge in [0.05, 0.1) is 0 Å². The molecule has 0 fully saturated rings. The van der Waals surface area contributed by atoms with E-state index >= 15 is 0 Å². The molecule has 108 valence electrons. The Labute approximate surface area is 147 Å². The first-order valence-electron chi connectivity index (χ1n) is 7.68. The average molecular weight is 414 g/mol. The maximum atomic E-state index is 3.63. The highest BCUT2D eigenvalue weighted by Crippen LogP contribution is 2.53. The second kappa shape index (κ2) is 4.69. The third-order valence-electron chi connectivity index (χ3n) is 5.27. The Bertz CT molecular complexity index is 887. The van der Waals surface area contributed by atoms with Crippen molar-refractivity contribution in [3.8, 4) is 0 Å². The normalized spacial score (nSPS) is 21.2. The summed E-state index contributed by atoms with van der Waals surface area (Å²) in [6.07, 6.45) is 5.88. The molecule has 0 spiro atoms. The summed E-state index contributed by atoms with van der Waals surface area (Å²) in [5.41, 5.74) is 10.7. The predicted molar refractivity (Wildman–Crippen MR) is 98.9 cm³/mol. The van der Waals surface area contributed by atoms with Crippen molar-refractivity contribution >= 4 is 43.5 Å². The molecule has 2 heteroatoms. The molecular formula is C20H14Br2. The Morgan fingerprint density at radius 2 is 1.73 bits per heavy atom. The van der Waals surface area contributed by atoms with Crippen LogP contribution in [0.1, 0.15) is 41.0 Å². The molecule has 0 saturated carbocycles. The van der Waals surface area contributed by atoms with Crippen LogP contribution in [-0.4, -0.2) is 0 Å². The Kier molecular flexibility index (Phi) is 2.84. The molecule has 2 aromatic rings. The van der Waals surface area contributed by atoms with Crippen LogP contribution >= 0.6 is 31.9 Å². The van der Waals surface area contributed by atoms with E-state index in [0.717, 1.165) is 12.8 Å². The average Bonchev–Trinajstić information content (AvgIpc) is 3.02. The first-order valence-corrected chi connectivity index (χ1v) is 9.27. The summed E-state index contributed by atoms with van der Waals surface area (Å²) < 4.78 is 2.38. The lowest BCUT2D eigenvalue weighted by Gasteiger charge is -2.25. The van der Waals surface area contributed by atoms with Gasteiger partial charge in [0.2, 0.25) is 0 Å².